The van der Waals surface area contributed by atoms with Crippen LogP contribution >= 0.6 is 0 Å². The van der Waals surface area contributed by atoms with Crippen molar-refractivity contribution in [2.24, 2.45) is 5.41 Å². The fourth-order valence-electron chi connectivity index (χ4n) is 1.59. The first kappa shape index (κ1) is 15.7. The average Bonchev–Trinajstić information content (AvgIpc) is 2.34. The Kier molecular flexibility index (Phi) is 5.99. The third-order valence-electron chi connectivity index (χ3n) is 2.67. The van der Waals surface area contributed by atoms with Crippen molar-refractivity contribution in [3.63, 3.8) is 0 Å². The van der Waals surface area contributed by atoms with E-state index in [4.69, 9.17) is 9.57 Å². The fourth-order valence-corrected chi connectivity index (χ4v) is 1.59. The summed E-state index contributed by atoms with van der Waals surface area (Å²) in [5.74, 6) is -0.289. The minimum atomic E-state index is -0.490. The molecule has 1 atom stereocenters. The Morgan fingerprint density at radius 1 is 1.26 bits per heavy atom. The number of hydroxylamine groups is 1. The molecule has 19 heavy (non-hydrogen) atoms. The minimum absolute atomic E-state index is 0.275. The van der Waals surface area contributed by atoms with Gasteiger partial charge in [-0.15, -0.1) is 0 Å². The van der Waals surface area contributed by atoms with Gasteiger partial charge in [-0.25, -0.2) is 0 Å². The van der Waals surface area contributed by atoms with Crippen LogP contribution in [0.1, 0.15) is 33.3 Å². The van der Waals surface area contributed by atoms with Crippen molar-refractivity contribution in [2.45, 2.75) is 40.3 Å². The average molecular weight is 265 g/mol. The van der Waals surface area contributed by atoms with Gasteiger partial charge in [0.05, 0.1) is 13.2 Å². The summed E-state index contributed by atoms with van der Waals surface area (Å²) < 4.78 is 5.05. The van der Waals surface area contributed by atoms with Crippen molar-refractivity contribution in [1.29, 1.82) is 0 Å². The van der Waals surface area contributed by atoms with Crippen molar-refractivity contribution in [3.8, 4) is 0 Å². The molecule has 0 bridgehead atoms. The molecule has 1 N–H and O–H groups in total. The van der Waals surface area contributed by atoms with E-state index in [2.05, 4.69) is 5.48 Å². The van der Waals surface area contributed by atoms with Crippen LogP contribution in [0.5, 0.6) is 0 Å². The second-order valence-corrected chi connectivity index (χ2v) is 5.44. The molecule has 0 aliphatic rings. The zero-order valence-electron chi connectivity index (χ0n) is 12.1. The highest BCUT2D eigenvalue weighted by Crippen LogP contribution is 2.20. The van der Waals surface area contributed by atoms with Crippen LogP contribution in [0.2, 0.25) is 0 Å². The molecule has 106 valence electrons. The van der Waals surface area contributed by atoms with E-state index in [1.807, 2.05) is 51.1 Å². The van der Waals surface area contributed by atoms with Crippen LogP contribution in [0.15, 0.2) is 30.3 Å². The molecule has 0 radical (unpaired) electrons. The first-order valence-electron chi connectivity index (χ1n) is 6.53. The fraction of sp³-hybridized carbons (Fsp3) is 0.533. The van der Waals surface area contributed by atoms with Crippen molar-refractivity contribution < 1.29 is 14.4 Å². The Labute approximate surface area is 115 Å². The van der Waals surface area contributed by atoms with Gasteiger partial charge in [0.1, 0.15) is 6.04 Å². The molecule has 1 rings (SSSR count). The molecule has 4 nitrogen and oxygen atoms in total. The van der Waals surface area contributed by atoms with Gasteiger partial charge in [0.2, 0.25) is 0 Å². The number of hydrogen-bond acceptors (Lipinski definition) is 4. The SMILES string of the molecule is CCOC(=O)C(NOCc1ccccc1)C(C)(C)C. The largest absolute Gasteiger partial charge is 0.465 e. The molecule has 4 heteroatoms. The van der Waals surface area contributed by atoms with Gasteiger partial charge in [0.25, 0.3) is 0 Å². The number of rotatable bonds is 6. The van der Waals surface area contributed by atoms with Gasteiger partial charge in [-0.1, -0.05) is 51.1 Å². The standard InChI is InChI=1S/C15H23NO3/c1-5-18-14(17)13(15(2,3)4)16-19-11-12-9-7-6-8-10-12/h6-10,13,16H,5,11H2,1-4H3. The maximum atomic E-state index is 11.9. The quantitative estimate of drug-likeness (QED) is 0.634. The Hall–Kier alpha value is -1.39. The highest BCUT2D eigenvalue weighted by Gasteiger charge is 2.32. The van der Waals surface area contributed by atoms with Gasteiger partial charge in [0.15, 0.2) is 0 Å². The van der Waals surface area contributed by atoms with E-state index < -0.39 is 6.04 Å². The van der Waals surface area contributed by atoms with Crippen LogP contribution in [0.25, 0.3) is 0 Å². The molecule has 1 aromatic rings. The van der Waals surface area contributed by atoms with Crippen LogP contribution in [-0.2, 0) is 21.0 Å². The zero-order valence-corrected chi connectivity index (χ0v) is 12.1. The summed E-state index contributed by atoms with van der Waals surface area (Å²) in [6.45, 7) is 8.47. The first-order chi connectivity index (χ1) is 8.95. The van der Waals surface area contributed by atoms with Crippen LogP contribution in [-0.4, -0.2) is 18.6 Å². The molecule has 0 amide bonds. The summed E-state index contributed by atoms with van der Waals surface area (Å²) >= 11 is 0. The van der Waals surface area contributed by atoms with E-state index in [9.17, 15) is 4.79 Å². The zero-order chi connectivity index (χ0) is 14.3. The molecule has 1 aromatic carbocycles. The highest BCUT2D eigenvalue weighted by atomic mass is 16.6. The summed E-state index contributed by atoms with van der Waals surface area (Å²) in [6, 6.07) is 9.30. The predicted octanol–water partition coefficient (Wildman–Crippen LogP) is 2.69. The van der Waals surface area contributed by atoms with E-state index >= 15 is 0 Å². The summed E-state index contributed by atoms with van der Waals surface area (Å²) in [5, 5.41) is 0. The third-order valence-corrected chi connectivity index (χ3v) is 2.67. The molecule has 0 aliphatic carbocycles. The van der Waals surface area contributed by atoms with Gasteiger partial charge < -0.3 is 4.74 Å². The van der Waals surface area contributed by atoms with E-state index in [0.717, 1.165) is 5.56 Å². The van der Waals surface area contributed by atoms with Crippen molar-refractivity contribution in [2.75, 3.05) is 6.61 Å². The normalized spacial score (nSPS) is 13.1. The molecule has 0 heterocycles. The summed E-state index contributed by atoms with van der Waals surface area (Å²) in [7, 11) is 0. The van der Waals surface area contributed by atoms with Crippen molar-refractivity contribution >= 4 is 5.97 Å². The van der Waals surface area contributed by atoms with Gasteiger partial charge in [-0.3, -0.25) is 9.63 Å². The van der Waals surface area contributed by atoms with Gasteiger partial charge in [-0.2, -0.15) is 5.48 Å². The first-order valence-corrected chi connectivity index (χ1v) is 6.53. The van der Waals surface area contributed by atoms with Crippen LogP contribution in [0.3, 0.4) is 0 Å². The van der Waals surface area contributed by atoms with Gasteiger partial charge >= 0.3 is 5.97 Å². The Morgan fingerprint density at radius 3 is 2.42 bits per heavy atom. The lowest BCUT2D eigenvalue weighted by atomic mass is 9.87. The highest BCUT2D eigenvalue weighted by molar-refractivity contribution is 5.76. The Balaban J connectivity index is 2.52. The molecule has 0 saturated carbocycles. The van der Waals surface area contributed by atoms with Gasteiger partial charge in [-0.05, 0) is 17.9 Å². The predicted molar refractivity (Wildman–Crippen MR) is 74.2 cm³/mol. The molecule has 0 fully saturated rings. The van der Waals surface area contributed by atoms with E-state index in [-0.39, 0.29) is 11.4 Å². The number of hydrogen-bond donors (Lipinski definition) is 1. The molecule has 0 aromatic heterocycles. The lowest BCUT2D eigenvalue weighted by Crippen LogP contribution is -2.47. The van der Waals surface area contributed by atoms with E-state index in [1.165, 1.54) is 0 Å². The topological polar surface area (TPSA) is 47.6 Å². The number of benzene rings is 1. The second kappa shape index (κ2) is 7.26. The molecule has 0 saturated heterocycles. The van der Waals surface area contributed by atoms with Crippen molar-refractivity contribution in [3.05, 3.63) is 35.9 Å². The smallest absolute Gasteiger partial charge is 0.326 e. The number of carbonyl (C=O) groups excluding carboxylic acids is 1. The minimum Gasteiger partial charge on any atom is -0.465 e. The van der Waals surface area contributed by atoms with Crippen molar-refractivity contribution in [1.82, 2.24) is 5.48 Å². The number of nitrogens with one attached hydrogen (secondary N) is 1. The number of ether oxygens (including phenoxy) is 1. The van der Waals surface area contributed by atoms with E-state index in [0.29, 0.717) is 13.2 Å². The van der Waals surface area contributed by atoms with Gasteiger partial charge in [0, 0.05) is 0 Å². The summed E-state index contributed by atoms with van der Waals surface area (Å²) in [6.07, 6.45) is 0. The molecule has 0 spiro atoms. The van der Waals surface area contributed by atoms with Crippen LogP contribution in [0.4, 0.5) is 0 Å². The Bertz CT molecular complexity index is 384. The maximum absolute atomic E-state index is 11.9. The third kappa shape index (κ3) is 5.41. The molecule has 0 aliphatic heterocycles. The summed E-state index contributed by atoms with van der Waals surface area (Å²) in [4.78, 5) is 17.3. The number of carbonyl (C=O) groups is 1. The van der Waals surface area contributed by atoms with Crippen LogP contribution in [0, 0.1) is 5.41 Å². The van der Waals surface area contributed by atoms with E-state index in [1.54, 1.807) is 6.92 Å². The molecular weight excluding hydrogens is 242 g/mol. The maximum Gasteiger partial charge on any atom is 0.326 e. The Morgan fingerprint density at radius 2 is 1.89 bits per heavy atom. The molecular formula is C15H23NO3. The second-order valence-electron chi connectivity index (χ2n) is 5.44. The lowest BCUT2D eigenvalue weighted by molar-refractivity contribution is -0.155. The molecule has 1 unspecified atom stereocenters. The number of esters is 1. The monoisotopic (exact) mass is 265 g/mol. The lowest BCUT2D eigenvalue weighted by Gasteiger charge is -2.28. The summed E-state index contributed by atoms with van der Waals surface area (Å²) in [5.41, 5.74) is 3.59. The van der Waals surface area contributed by atoms with Crippen LogP contribution < -0.4 is 5.48 Å².